The molecule has 0 aliphatic carbocycles. The number of methoxy groups -OCH3 is 1. The molecular weight excluding hydrogens is 238 g/mol. The molecule has 98 valence electrons. The van der Waals surface area contributed by atoms with Crippen LogP contribution >= 0.6 is 11.6 Å². The molecule has 0 amide bonds. The van der Waals surface area contributed by atoms with Crippen LogP contribution in [0.5, 0.6) is 0 Å². The Morgan fingerprint density at radius 1 is 1.53 bits per heavy atom. The summed E-state index contributed by atoms with van der Waals surface area (Å²) in [4.78, 5) is 0. The van der Waals surface area contributed by atoms with E-state index in [1.165, 1.54) is 0 Å². The van der Waals surface area contributed by atoms with Gasteiger partial charge in [0.2, 0.25) is 0 Å². The quantitative estimate of drug-likeness (QED) is 0.849. The molecule has 0 saturated heterocycles. The number of aryl methyl sites for hydroxylation is 2. The summed E-state index contributed by atoms with van der Waals surface area (Å²) in [6, 6.07) is 0.0902. The molecule has 0 aliphatic rings. The van der Waals surface area contributed by atoms with Gasteiger partial charge in [0, 0.05) is 33.2 Å². The van der Waals surface area contributed by atoms with E-state index in [0.717, 1.165) is 35.9 Å². The van der Waals surface area contributed by atoms with E-state index < -0.39 is 0 Å². The van der Waals surface area contributed by atoms with Crippen molar-refractivity contribution < 1.29 is 4.74 Å². The average molecular weight is 260 g/mol. The maximum atomic E-state index is 6.19. The Morgan fingerprint density at radius 2 is 2.18 bits per heavy atom. The first-order valence-electron chi connectivity index (χ1n) is 5.88. The largest absolute Gasteiger partial charge is 0.384 e. The first kappa shape index (κ1) is 14.5. The fourth-order valence-electron chi connectivity index (χ4n) is 2.10. The minimum atomic E-state index is 0.0902. The molecule has 0 fully saturated rings. The third-order valence-electron chi connectivity index (χ3n) is 2.87. The van der Waals surface area contributed by atoms with E-state index in [-0.39, 0.29) is 6.04 Å². The van der Waals surface area contributed by atoms with Crippen molar-refractivity contribution in [2.45, 2.75) is 32.7 Å². The van der Waals surface area contributed by atoms with E-state index in [1.54, 1.807) is 7.11 Å². The van der Waals surface area contributed by atoms with E-state index in [2.05, 4.69) is 12.0 Å². The van der Waals surface area contributed by atoms with E-state index in [4.69, 9.17) is 22.1 Å². The van der Waals surface area contributed by atoms with Crippen LogP contribution in [0.2, 0.25) is 5.02 Å². The van der Waals surface area contributed by atoms with Gasteiger partial charge in [-0.15, -0.1) is 0 Å². The molecule has 1 rings (SSSR count). The van der Waals surface area contributed by atoms with Crippen molar-refractivity contribution in [1.29, 1.82) is 0 Å². The van der Waals surface area contributed by atoms with Gasteiger partial charge >= 0.3 is 0 Å². The van der Waals surface area contributed by atoms with Crippen LogP contribution in [0.15, 0.2) is 0 Å². The lowest BCUT2D eigenvalue weighted by Crippen LogP contribution is -2.27. The van der Waals surface area contributed by atoms with Gasteiger partial charge < -0.3 is 10.5 Å². The molecule has 0 spiro atoms. The molecule has 0 saturated carbocycles. The summed E-state index contributed by atoms with van der Waals surface area (Å²) in [5, 5.41) is 5.02. The molecule has 1 aromatic rings. The molecule has 0 aromatic carbocycles. The number of aromatic nitrogens is 2. The molecule has 4 nitrogen and oxygen atoms in total. The highest BCUT2D eigenvalue weighted by atomic mass is 35.5. The second-order valence-corrected chi connectivity index (χ2v) is 5.11. The monoisotopic (exact) mass is 259 g/mol. The van der Waals surface area contributed by atoms with Gasteiger partial charge in [0.05, 0.1) is 16.4 Å². The number of hydrogen-bond donors (Lipinski definition) is 1. The van der Waals surface area contributed by atoms with Gasteiger partial charge in [-0.3, -0.25) is 4.68 Å². The van der Waals surface area contributed by atoms with Crippen LogP contribution in [-0.2, 0) is 18.2 Å². The van der Waals surface area contributed by atoms with Crippen molar-refractivity contribution in [3.63, 3.8) is 0 Å². The average Bonchev–Trinajstić information content (AvgIpc) is 2.45. The lowest BCUT2D eigenvalue weighted by molar-refractivity contribution is 0.152. The lowest BCUT2D eigenvalue weighted by Gasteiger charge is -2.16. The molecule has 0 aliphatic heterocycles. The highest BCUT2D eigenvalue weighted by Gasteiger charge is 2.16. The molecule has 1 heterocycles. The third kappa shape index (κ3) is 3.98. The molecule has 0 bridgehead atoms. The highest BCUT2D eigenvalue weighted by Crippen LogP contribution is 2.21. The third-order valence-corrected chi connectivity index (χ3v) is 3.37. The standard InChI is InChI=1S/C12H22ClN3O/c1-8(7-17-4)5-10(14)6-11-12(13)9(2)15-16(11)3/h8,10H,5-7,14H2,1-4H3. The molecule has 0 radical (unpaired) electrons. The molecular formula is C12H22ClN3O. The highest BCUT2D eigenvalue weighted by molar-refractivity contribution is 6.31. The molecule has 2 unspecified atom stereocenters. The van der Waals surface area contributed by atoms with Gasteiger partial charge in [0.15, 0.2) is 0 Å². The fourth-order valence-corrected chi connectivity index (χ4v) is 2.34. The van der Waals surface area contributed by atoms with Crippen LogP contribution in [0.4, 0.5) is 0 Å². The predicted molar refractivity (Wildman–Crippen MR) is 70.3 cm³/mol. The van der Waals surface area contributed by atoms with E-state index >= 15 is 0 Å². The maximum absolute atomic E-state index is 6.19. The summed E-state index contributed by atoms with van der Waals surface area (Å²) in [7, 11) is 3.61. The number of halogens is 1. The van der Waals surface area contributed by atoms with E-state index in [9.17, 15) is 0 Å². The van der Waals surface area contributed by atoms with Crippen LogP contribution in [0.3, 0.4) is 0 Å². The predicted octanol–water partition coefficient (Wildman–Crippen LogP) is 1.92. The van der Waals surface area contributed by atoms with Crippen molar-refractivity contribution in [2.75, 3.05) is 13.7 Å². The molecule has 1 aromatic heterocycles. The van der Waals surface area contributed by atoms with Crippen LogP contribution in [0.1, 0.15) is 24.7 Å². The molecule has 2 N–H and O–H groups in total. The zero-order valence-corrected chi connectivity index (χ0v) is 11.8. The molecule has 2 atom stereocenters. The Balaban J connectivity index is 2.58. The van der Waals surface area contributed by atoms with Crippen LogP contribution < -0.4 is 5.73 Å². The summed E-state index contributed by atoms with van der Waals surface area (Å²) in [5.41, 5.74) is 8.01. The second-order valence-electron chi connectivity index (χ2n) is 4.73. The van der Waals surface area contributed by atoms with Crippen molar-refractivity contribution >= 4 is 11.6 Å². The first-order chi connectivity index (χ1) is 7.95. The Labute approximate surface area is 108 Å². The topological polar surface area (TPSA) is 53.1 Å². The SMILES string of the molecule is COCC(C)CC(N)Cc1c(Cl)c(C)nn1C. The first-order valence-corrected chi connectivity index (χ1v) is 6.26. The number of nitrogens with zero attached hydrogens (tertiary/aromatic N) is 2. The molecule has 17 heavy (non-hydrogen) atoms. The van der Waals surface area contributed by atoms with Crippen molar-refractivity contribution in [1.82, 2.24) is 9.78 Å². The number of ether oxygens (including phenoxy) is 1. The maximum Gasteiger partial charge on any atom is 0.0847 e. The second kappa shape index (κ2) is 6.38. The van der Waals surface area contributed by atoms with Gasteiger partial charge in [0.1, 0.15) is 0 Å². The van der Waals surface area contributed by atoms with Crippen LogP contribution in [0, 0.1) is 12.8 Å². The summed E-state index contributed by atoms with van der Waals surface area (Å²) in [6.45, 7) is 4.79. The Bertz CT molecular complexity index is 365. The lowest BCUT2D eigenvalue weighted by atomic mass is 9.99. The van der Waals surface area contributed by atoms with Gasteiger partial charge in [-0.25, -0.2) is 0 Å². The van der Waals surface area contributed by atoms with Crippen molar-refractivity contribution in [3.8, 4) is 0 Å². The van der Waals surface area contributed by atoms with Gasteiger partial charge in [-0.2, -0.15) is 5.10 Å². The minimum absolute atomic E-state index is 0.0902. The summed E-state index contributed by atoms with van der Waals surface area (Å²) in [5.74, 6) is 0.461. The number of rotatable bonds is 6. The van der Waals surface area contributed by atoms with Gasteiger partial charge in [0.25, 0.3) is 0 Å². The Hall–Kier alpha value is -0.580. The van der Waals surface area contributed by atoms with Crippen LogP contribution in [-0.4, -0.2) is 29.5 Å². The molecule has 5 heteroatoms. The van der Waals surface area contributed by atoms with E-state index in [1.807, 2.05) is 18.7 Å². The van der Waals surface area contributed by atoms with Gasteiger partial charge in [-0.05, 0) is 19.3 Å². The normalized spacial score (nSPS) is 14.9. The van der Waals surface area contributed by atoms with E-state index in [0.29, 0.717) is 5.92 Å². The fraction of sp³-hybridized carbons (Fsp3) is 0.750. The number of hydrogen-bond acceptors (Lipinski definition) is 3. The van der Waals surface area contributed by atoms with Crippen molar-refractivity contribution in [2.24, 2.45) is 18.7 Å². The summed E-state index contributed by atoms with van der Waals surface area (Å²) < 4.78 is 6.93. The minimum Gasteiger partial charge on any atom is -0.384 e. The zero-order chi connectivity index (χ0) is 13.0. The Kier molecular flexibility index (Phi) is 5.43. The number of nitrogens with two attached hydrogens (primary N) is 1. The van der Waals surface area contributed by atoms with Crippen LogP contribution in [0.25, 0.3) is 0 Å². The summed E-state index contributed by atoms with van der Waals surface area (Å²) in [6.07, 6.45) is 1.68. The van der Waals surface area contributed by atoms with Crippen molar-refractivity contribution in [3.05, 3.63) is 16.4 Å². The Morgan fingerprint density at radius 3 is 2.65 bits per heavy atom. The van der Waals surface area contributed by atoms with Gasteiger partial charge in [-0.1, -0.05) is 18.5 Å². The smallest absolute Gasteiger partial charge is 0.0847 e. The summed E-state index contributed by atoms with van der Waals surface area (Å²) >= 11 is 6.19. The zero-order valence-electron chi connectivity index (χ0n) is 11.0.